The van der Waals surface area contributed by atoms with Gasteiger partial charge in [-0.2, -0.15) is 0 Å². The van der Waals surface area contributed by atoms with E-state index < -0.39 is 74.3 Å². The molecule has 0 radical (unpaired) electrons. The molecule has 0 aromatic rings. The molecule has 23 heavy (non-hydrogen) atoms. The van der Waals surface area contributed by atoms with E-state index in [0.29, 0.717) is 0 Å². The van der Waals surface area contributed by atoms with Gasteiger partial charge in [0, 0.05) is 11.8 Å². The molecule has 2 heterocycles. The first kappa shape index (κ1) is 19.0. The number of hydrogen-bond donors (Lipinski definition) is 6. The number of aliphatic hydroxyl groups is 6. The second kappa shape index (κ2) is 7.68. The average molecular weight is 338 g/mol. The highest BCUT2D eigenvalue weighted by Gasteiger charge is 2.48. The van der Waals surface area contributed by atoms with Crippen LogP contribution in [0.15, 0.2) is 0 Å². The molecule has 2 rings (SSSR count). The Kier molecular flexibility index (Phi) is 6.34. The Bertz CT molecular complexity index is 377. The van der Waals surface area contributed by atoms with Crippen molar-refractivity contribution in [2.24, 2.45) is 11.8 Å². The summed E-state index contributed by atoms with van der Waals surface area (Å²) in [4.78, 5) is 0. The van der Waals surface area contributed by atoms with Crippen LogP contribution in [0, 0.1) is 11.8 Å². The number of ether oxygens (including phenoxy) is 3. The van der Waals surface area contributed by atoms with E-state index in [1.807, 2.05) is 0 Å². The lowest BCUT2D eigenvalue weighted by Crippen LogP contribution is -2.60. The quantitative estimate of drug-likeness (QED) is 0.318. The SMILES string of the molecule is C[C@@H]1[C@@H](O)[C@H](O[C@@H]2O[C@H](CO)[C@@H](O)[C@H](O)[C@H]2C)[C@@H](CO)O[C@H]1O. The van der Waals surface area contributed by atoms with Crippen molar-refractivity contribution >= 4 is 0 Å². The standard InChI is InChI=1S/C14H26O9/c1-5-10(18)12(8(4-16)21-13(5)20)23-14-6(2)9(17)11(19)7(3-15)22-14/h5-20H,3-4H2,1-2H3/t5-,6-,7-,8-,9-,10-,11-,12-,13-,14+/m1/s1. The second-order valence-electron chi connectivity index (χ2n) is 6.26. The van der Waals surface area contributed by atoms with Gasteiger partial charge in [-0.15, -0.1) is 0 Å². The smallest absolute Gasteiger partial charge is 0.163 e. The van der Waals surface area contributed by atoms with E-state index in [1.165, 1.54) is 0 Å². The fourth-order valence-electron chi connectivity index (χ4n) is 2.91. The third-order valence-corrected chi connectivity index (χ3v) is 4.66. The molecule has 9 heteroatoms. The van der Waals surface area contributed by atoms with E-state index in [9.17, 15) is 30.6 Å². The molecule has 2 aliphatic heterocycles. The molecule has 0 spiro atoms. The summed E-state index contributed by atoms with van der Waals surface area (Å²) in [6.07, 6.45) is -8.79. The van der Waals surface area contributed by atoms with E-state index in [-0.39, 0.29) is 0 Å². The first-order valence-electron chi connectivity index (χ1n) is 7.72. The molecule has 0 aromatic carbocycles. The van der Waals surface area contributed by atoms with Gasteiger partial charge in [-0.25, -0.2) is 0 Å². The molecule has 2 fully saturated rings. The average Bonchev–Trinajstić information content (AvgIpc) is 2.55. The molecule has 9 nitrogen and oxygen atoms in total. The van der Waals surface area contributed by atoms with Crippen molar-refractivity contribution in [3.63, 3.8) is 0 Å². The highest BCUT2D eigenvalue weighted by Crippen LogP contribution is 2.32. The zero-order valence-corrected chi connectivity index (χ0v) is 13.1. The van der Waals surface area contributed by atoms with Crippen LogP contribution < -0.4 is 0 Å². The van der Waals surface area contributed by atoms with Crippen molar-refractivity contribution in [3.8, 4) is 0 Å². The Morgan fingerprint density at radius 2 is 1.39 bits per heavy atom. The predicted molar refractivity (Wildman–Crippen MR) is 74.9 cm³/mol. The van der Waals surface area contributed by atoms with Crippen LogP contribution in [-0.2, 0) is 14.2 Å². The van der Waals surface area contributed by atoms with Gasteiger partial charge in [-0.05, 0) is 0 Å². The summed E-state index contributed by atoms with van der Waals surface area (Å²) in [5.74, 6) is -1.28. The molecule has 0 bridgehead atoms. The second-order valence-corrected chi connectivity index (χ2v) is 6.26. The summed E-state index contributed by atoms with van der Waals surface area (Å²) < 4.78 is 16.3. The fourth-order valence-corrected chi connectivity index (χ4v) is 2.91. The Labute approximate surface area is 134 Å². The molecule has 2 aliphatic rings. The molecule has 10 atom stereocenters. The van der Waals surface area contributed by atoms with Crippen molar-refractivity contribution in [1.82, 2.24) is 0 Å². The topological polar surface area (TPSA) is 149 Å². The van der Waals surface area contributed by atoms with Crippen molar-refractivity contribution in [3.05, 3.63) is 0 Å². The summed E-state index contributed by atoms with van der Waals surface area (Å²) in [7, 11) is 0. The Morgan fingerprint density at radius 1 is 0.783 bits per heavy atom. The van der Waals surface area contributed by atoms with Crippen LogP contribution in [0.4, 0.5) is 0 Å². The Morgan fingerprint density at radius 3 is 1.96 bits per heavy atom. The van der Waals surface area contributed by atoms with Gasteiger partial charge in [0.2, 0.25) is 0 Å². The van der Waals surface area contributed by atoms with Crippen LogP contribution in [0.5, 0.6) is 0 Å². The van der Waals surface area contributed by atoms with Crippen LogP contribution in [0.25, 0.3) is 0 Å². The van der Waals surface area contributed by atoms with Gasteiger partial charge in [0.25, 0.3) is 0 Å². The lowest BCUT2D eigenvalue weighted by atomic mass is 9.90. The number of hydrogen-bond acceptors (Lipinski definition) is 9. The minimum atomic E-state index is -1.25. The third-order valence-electron chi connectivity index (χ3n) is 4.66. The molecule has 6 N–H and O–H groups in total. The molecular formula is C14H26O9. The minimum absolute atomic E-state index is 0.485. The number of rotatable bonds is 4. The highest BCUT2D eigenvalue weighted by atomic mass is 16.7. The fraction of sp³-hybridized carbons (Fsp3) is 1.00. The van der Waals surface area contributed by atoms with Gasteiger partial charge < -0.3 is 44.8 Å². The monoisotopic (exact) mass is 338 g/mol. The van der Waals surface area contributed by atoms with E-state index >= 15 is 0 Å². The maximum absolute atomic E-state index is 10.3. The lowest BCUT2D eigenvalue weighted by molar-refractivity contribution is -0.340. The predicted octanol–water partition coefficient (Wildman–Crippen LogP) is -2.85. The van der Waals surface area contributed by atoms with Crippen LogP contribution in [0.2, 0.25) is 0 Å². The zero-order chi connectivity index (χ0) is 17.3. The summed E-state index contributed by atoms with van der Waals surface area (Å²) >= 11 is 0. The summed E-state index contributed by atoms with van der Waals surface area (Å²) in [5.41, 5.74) is 0. The molecule has 136 valence electrons. The van der Waals surface area contributed by atoms with Crippen LogP contribution in [-0.4, -0.2) is 93.1 Å². The lowest BCUT2D eigenvalue weighted by Gasteiger charge is -2.46. The van der Waals surface area contributed by atoms with Crippen molar-refractivity contribution in [2.75, 3.05) is 13.2 Å². The molecule has 0 amide bonds. The van der Waals surface area contributed by atoms with Gasteiger partial charge >= 0.3 is 0 Å². The van der Waals surface area contributed by atoms with Crippen molar-refractivity contribution in [2.45, 2.75) is 63.1 Å². The molecule has 2 saturated heterocycles. The van der Waals surface area contributed by atoms with Gasteiger partial charge in [-0.3, -0.25) is 0 Å². The van der Waals surface area contributed by atoms with Crippen LogP contribution >= 0.6 is 0 Å². The largest absolute Gasteiger partial charge is 0.394 e. The molecule has 0 unspecified atom stereocenters. The van der Waals surface area contributed by atoms with Gasteiger partial charge in [0.1, 0.15) is 24.4 Å². The van der Waals surface area contributed by atoms with Crippen LogP contribution in [0.3, 0.4) is 0 Å². The Balaban J connectivity index is 2.11. The van der Waals surface area contributed by atoms with E-state index in [0.717, 1.165) is 0 Å². The first-order valence-corrected chi connectivity index (χ1v) is 7.72. The molecule has 0 aromatic heterocycles. The first-order chi connectivity index (χ1) is 10.8. The minimum Gasteiger partial charge on any atom is -0.394 e. The van der Waals surface area contributed by atoms with Gasteiger partial charge in [-0.1, -0.05) is 13.8 Å². The van der Waals surface area contributed by atoms with Crippen molar-refractivity contribution < 1.29 is 44.8 Å². The molecule has 0 saturated carbocycles. The summed E-state index contributed by atoms with van der Waals surface area (Å²) in [6.45, 7) is 2.17. The zero-order valence-electron chi connectivity index (χ0n) is 13.1. The summed E-state index contributed by atoms with van der Waals surface area (Å²) in [5, 5.41) is 58.4. The maximum atomic E-state index is 10.3. The number of aliphatic hydroxyl groups excluding tert-OH is 6. The van der Waals surface area contributed by atoms with E-state index in [2.05, 4.69) is 0 Å². The van der Waals surface area contributed by atoms with Crippen LogP contribution in [0.1, 0.15) is 13.8 Å². The highest BCUT2D eigenvalue weighted by molar-refractivity contribution is 4.91. The van der Waals surface area contributed by atoms with Crippen molar-refractivity contribution in [1.29, 1.82) is 0 Å². The van der Waals surface area contributed by atoms with Gasteiger partial charge in [0.15, 0.2) is 12.6 Å². The van der Waals surface area contributed by atoms with Gasteiger partial charge in [0.05, 0.1) is 25.4 Å². The molecule has 0 aliphatic carbocycles. The normalized spacial score (nSPS) is 51.7. The molecular weight excluding hydrogens is 312 g/mol. The third kappa shape index (κ3) is 3.68. The van der Waals surface area contributed by atoms with E-state index in [1.54, 1.807) is 13.8 Å². The Hall–Kier alpha value is -0.360. The van der Waals surface area contributed by atoms with E-state index in [4.69, 9.17) is 14.2 Å². The maximum Gasteiger partial charge on any atom is 0.163 e. The summed E-state index contributed by atoms with van der Waals surface area (Å²) in [6, 6.07) is 0.